The zero-order chi connectivity index (χ0) is 13.4. The molecular formula is C10H9ClFN3O2S. The summed E-state index contributed by atoms with van der Waals surface area (Å²) in [5, 5.41) is 1.77. The van der Waals surface area contributed by atoms with Crippen LogP contribution in [0.25, 0.3) is 0 Å². The molecule has 18 heavy (non-hydrogen) atoms. The number of aromatic amines is 1. The fraction of sp³-hybridized carbons (Fsp3) is 0.300. The summed E-state index contributed by atoms with van der Waals surface area (Å²) in [6, 6.07) is -0.647. The molecule has 96 valence electrons. The number of thiazole rings is 1. The second-order valence-electron chi connectivity index (χ2n) is 3.74. The van der Waals surface area contributed by atoms with Gasteiger partial charge in [-0.05, 0) is 13.8 Å². The van der Waals surface area contributed by atoms with E-state index in [-0.39, 0.29) is 0 Å². The minimum absolute atomic E-state index is 0.557. The second kappa shape index (κ2) is 4.66. The minimum atomic E-state index is -1.17. The van der Waals surface area contributed by atoms with Crippen molar-refractivity contribution in [1.82, 2.24) is 14.5 Å². The molecule has 0 amide bonds. The second-order valence-corrected chi connectivity index (χ2v) is 5.00. The first kappa shape index (κ1) is 13.0. The molecule has 1 unspecified atom stereocenters. The Morgan fingerprint density at radius 1 is 1.56 bits per heavy atom. The fourth-order valence-electron chi connectivity index (χ4n) is 1.53. The van der Waals surface area contributed by atoms with Crippen LogP contribution >= 0.6 is 22.9 Å². The third kappa shape index (κ3) is 2.11. The molecule has 2 aromatic heterocycles. The van der Waals surface area contributed by atoms with Crippen LogP contribution < -0.4 is 11.2 Å². The van der Waals surface area contributed by atoms with Gasteiger partial charge >= 0.3 is 5.69 Å². The largest absolute Gasteiger partial charge is 0.330 e. The lowest BCUT2D eigenvalue weighted by Gasteiger charge is -2.11. The number of H-pyrrole nitrogens is 1. The van der Waals surface area contributed by atoms with E-state index in [9.17, 15) is 14.0 Å². The fourth-order valence-corrected chi connectivity index (χ4v) is 2.53. The van der Waals surface area contributed by atoms with E-state index >= 15 is 0 Å². The van der Waals surface area contributed by atoms with Crippen molar-refractivity contribution in [2.75, 3.05) is 0 Å². The monoisotopic (exact) mass is 289 g/mol. The number of hydrogen-bond acceptors (Lipinski definition) is 4. The standard InChI is InChI=1S/C10H9ClFN3O2S/c1-4-3-18-8(13-4)5(2)15-9(16)6(12)7(11)14-10(15)17/h3,5H,1-2H3,(H,14,17). The van der Waals surface area contributed by atoms with Gasteiger partial charge in [-0.25, -0.2) is 14.3 Å². The Morgan fingerprint density at radius 3 is 2.78 bits per heavy atom. The van der Waals surface area contributed by atoms with E-state index < -0.39 is 28.3 Å². The van der Waals surface area contributed by atoms with Gasteiger partial charge in [-0.2, -0.15) is 4.39 Å². The first-order valence-corrected chi connectivity index (χ1v) is 6.29. The van der Waals surface area contributed by atoms with E-state index in [4.69, 9.17) is 11.6 Å². The van der Waals surface area contributed by atoms with Gasteiger partial charge in [0.1, 0.15) is 5.01 Å². The van der Waals surface area contributed by atoms with Gasteiger partial charge in [-0.3, -0.25) is 9.78 Å². The molecule has 1 N–H and O–H groups in total. The quantitative estimate of drug-likeness (QED) is 0.856. The molecule has 0 spiro atoms. The van der Waals surface area contributed by atoms with Gasteiger partial charge in [0.15, 0.2) is 5.15 Å². The number of hydrogen-bond donors (Lipinski definition) is 1. The Hall–Kier alpha value is -1.47. The van der Waals surface area contributed by atoms with E-state index in [1.165, 1.54) is 11.3 Å². The lowest BCUT2D eigenvalue weighted by Crippen LogP contribution is -2.39. The molecule has 8 heteroatoms. The van der Waals surface area contributed by atoms with Crippen molar-refractivity contribution in [1.29, 1.82) is 0 Å². The number of aromatic nitrogens is 3. The average Bonchev–Trinajstić information content (AvgIpc) is 2.73. The summed E-state index contributed by atoms with van der Waals surface area (Å²) >= 11 is 6.69. The minimum Gasteiger partial charge on any atom is -0.295 e. The summed E-state index contributed by atoms with van der Waals surface area (Å²) in [6.45, 7) is 3.39. The molecule has 0 saturated heterocycles. The van der Waals surface area contributed by atoms with Crippen molar-refractivity contribution in [3.05, 3.63) is 47.9 Å². The van der Waals surface area contributed by atoms with Crippen molar-refractivity contribution < 1.29 is 4.39 Å². The predicted octanol–water partition coefficient (Wildman–Crippen LogP) is 1.70. The first-order valence-electron chi connectivity index (χ1n) is 5.03. The highest BCUT2D eigenvalue weighted by Gasteiger charge is 2.20. The average molecular weight is 290 g/mol. The SMILES string of the molecule is Cc1csc(C(C)n2c(=O)[nH]c(Cl)c(F)c2=O)n1. The molecule has 0 aromatic carbocycles. The Kier molecular flexibility index (Phi) is 3.36. The molecular weight excluding hydrogens is 281 g/mol. The van der Waals surface area contributed by atoms with Crippen molar-refractivity contribution >= 4 is 22.9 Å². The third-order valence-corrected chi connectivity index (χ3v) is 3.81. The zero-order valence-corrected chi connectivity index (χ0v) is 11.1. The third-order valence-electron chi connectivity index (χ3n) is 2.42. The number of aryl methyl sites for hydroxylation is 1. The van der Waals surface area contributed by atoms with E-state index in [1.54, 1.807) is 19.2 Å². The molecule has 2 aromatic rings. The van der Waals surface area contributed by atoms with Crippen LogP contribution in [0.2, 0.25) is 5.15 Å². The molecule has 0 aliphatic rings. The summed E-state index contributed by atoms with van der Waals surface area (Å²) in [4.78, 5) is 29.6. The maximum absolute atomic E-state index is 13.4. The van der Waals surface area contributed by atoms with Gasteiger partial charge in [0.2, 0.25) is 5.82 Å². The van der Waals surface area contributed by atoms with Gasteiger partial charge in [0.05, 0.1) is 6.04 Å². The zero-order valence-electron chi connectivity index (χ0n) is 9.53. The van der Waals surface area contributed by atoms with E-state index in [2.05, 4.69) is 9.97 Å². The molecule has 2 rings (SSSR count). The molecule has 0 aliphatic heterocycles. The highest BCUT2D eigenvalue weighted by atomic mass is 35.5. The lowest BCUT2D eigenvalue weighted by molar-refractivity contribution is 0.514. The topological polar surface area (TPSA) is 67.8 Å². The van der Waals surface area contributed by atoms with Gasteiger partial charge in [-0.15, -0.1) is 11.3 Å². The Morgan fingerprint density at radius 2 is 2.22 bits per heavy atom. The predicted molar refractivity (Wildman–Crippen MR) is 67.0 cm³/mol. The van der Waals surface area contributed by atoms with E-state index in [0.717, 1.165) is 10.3 Å². The number of rotatable bonds is 2. The Balaban J connectivity index is 2.62. The highest BCUT2D eigenvalue weighted by Crippen LogP contribution is 2.19. The summed E-state index contributed by atoms with van der Waals surface area (Å²) in [5.41, 5.74) is -1.03. The molecule has 2 heterocycles. The normalized spacial score (nSPS) is 12.7. The van der Waals surface area contributed by atoms with Gasteiger partial charge in [0.25, 0.3) is 5.56 Å². The highest BCUT2D eigenvalue weighted by molar-refractivity contribution is 7.09. The van der Waals surface area contributed by atoms with Crippen molar-refractivity contribution in [3.63, 3.8) is 0 Å². The molecule has 5 nitrogen and oxygen atoms in total. The van der Waals surface area contributed by atoms with Crippen LogP contribution in [0, 0.1) is 12.7 Å². The van der Waals surface area contributed by atoms with Gasteiger partial charge in [-0.1, -0.05) is 11.6 Å². The Bertz CT molecular complexity index is 706. The van der Waals surface area contributed by atoms with Crippen LogP contribution in [-0.2, 0) is 0 Å². The van der Waals surface area contributed by atoms with Crippen LogP contribution in [0.15, 0.2) is 15.0 Å². The molecule has 0 bridgehead atoms. The van der Waals surface area contributed by atoms with Gasteiger partial charge < -0.3 is 0 Å². The number of nitrogens with zero attached hydrogens (tertiary/aromatic N) is 2. The first-order chi connectivity index (χ1) is 8.41. The van der Waals surface area contributed by atoms with E-state index in [0.29, 0.717) is 5.01 Å². The summed E-state index contributed by atoms with van der Waals surface area (Å²) in [7, 11) is 0. The number of halogens is 2. The summed E-state index contributed by atoms with van der Waals surface area (Å²) < 4.78 is 14.2. The van der Waals surface area contributed by atoms with Crippen LogP contribution in [0.1, 0.15) is 23.7 Å². The smallest absolute Gasteiger partial charge is 0.295 e. The van der Waals surface area contributed by atoms with Crippen LogP contribution in [-0.4, -0.2) is 14.5 Å². The van der Waals surface area contributed by atoms with Crippen LogP contribution in [0.5, 0.6) is 0 Å². The molecule has 1 atom stereocenters. The molecule has 0 aliphatic carbocycles. The van der Waals surface area contributed by atoms with E-state index in [1.807, 2.05) is 0 Å². The number of nitrogens with one attached hydrogen (secondary N) is 1. The lowest BCUT2D eigenvalue weighted by atomic mass is 10.3. The Labute approximate surface area is 110 Å². The summed E-state index contributed by atoms with van der Waals surface area (Å²) in [5.74, 6) is -1.17. The van der Waals surface area contributed by atoms with Crippen LogP contribution in [0.3, 0.4) is 0 Å². The van der Waals surface area contributed by atoms with Crippen LogP contribution in [0.4, 0.5) is 4.39 Å². The molecule has 0 fully saturated rings. The molecule has 0 radical (unpaired) electrons. The van der Waals surface area contributed by atoms with Crippen molar-refractivity contribution in [2.45, 2.75) is 19.9 Å². The summed E-state index contributed by atoms with van der Waals surface area (Å²) in [6.07, 6.45) is 0. The van der Waals surface area contributed by atoms with Crippen molar-refractivity contribution in [2.24, 2.45) is 0 Å². The van der Waals surface area contributed by atoms with Crippen molar-refractivity contribution in [3.8, 4) is 0 Å². The van der Waals surface area contributed by atoms with Gasteiger partial charge in [0, 0.05) is 11.1 Å². The maximum Gasteiger partial charge on any atom is 0.330 e. The maximum atomic E-state index is 13.4. The molecule has 0 saturated carbocycles.